The molecule has 0 N–H and O–H groups in total. The lowest BCUT2D eigenvalue weighted by Gasteiger charge is -2.21. The van der Waals surface area contributed by atoms with E-state index in [0.29, 0.717) is 12.0 Å². The predicted octanol–water partition coefficient (Wildman–Crippen LogP) is 8.41. The van der Waals surface area contributed by atoms with Gasteiger partial charge in [0.15, 0.2) is 0 Å². The Morgan fingerprint density at radius 3 is 2.17 bits per heavy atom. The number of hydrogen-bond acceptors (Lipinski definition) is 5. The van der Waals surface area contributed by atoms with Crippen molar-refractivity contribution in [2.45, 2.75) is 46.1 Å². The molecule has 0 radical (unpaired) electrons. The van der Waals surface area contributed by atoms with E-state index in [1.807, 2.05) is 101 Å². The molecule has 0 aliphatic heterocycles. The summed E-state index contributed by atoms with van der Waals surface area (Å²) in [5.74, 6) is -0.429. The van der Waals surface area contributed by atoms with Crippen LogP contribution in [0.25, 0.3) is 22.2 Å². The van der Waals surface area contributed by atoms with E-state index in [4.69, 9.17) is 0 Å². The van der Waals surface area contributed by atoms with Gasteiger partial charge < -0.3 is 4.90 Å². The summed E-state index contributed by atoms with van der Waals surface area (Å²) >= 11 is 1.58. The van der Waals surface area contributed by atoms with E-state index < -0.39 is 5.82 Å². The number of halogens is 1. The molecule has 1 heterocycles. The van der Waals surface area contributed by atoms with Crippen LogP contribution in [0.3, 0.4) is 0 Å². The van der Waals surface area contributed by atoms with Crippen molar-refractivity contribution in [3.63, 3.8) is 0 Å². The number of thioether (sulfide) groups is 1. The van der Waals surface area contributed by atoms with Gasteiger partial charge in [-0.15, -0.1) is 11.8 Å². The van der Waals surface area contributed by atoms with Crippen molar-refractivity contribution < 1.29 is 4.39 Å². The SMILES string of the molecule is CC.CC.CCc1cc(N(C)c2ccc(-c3ccc4nc(SC)cnc4c3)cc2)cc(C#N)c1F. The van der Waals surface area contributed by atoms with E-state index >= 15 is 0 Å². The highest BCUT2D eigenvalue weighted by Gasteiger charge is 2.13. The van der Waals surface area contributed by atoms with Crippen LogP contribution in [-0.2, 0) is 6.42 Å². The minimum absolute atomic E-state index is 0.0692. The predicted molar refractivity (Wildman–Crippen MR) is 148 cm³/mol. The number of fused-ring (bicyclic) bond motifs is 1. The molecule has 0 saturated carbocycles. The fourth-order valence-corrected chi connectivity index (χ4v) is 3.85. The van der Waals surface area contributed by atoms with Crippen LogP contribution in [-0.4, -0.2) is 23.3 Å². The normalized spacial score (nSPS) is 9.91. The van der Waals surface area contributed by atoms with E-state index in [1.54, 1.807) is 30.1 Å². The van der Waals surface area contributed by atoms with Gasteiger partial charge in [-0.25, -0.2) is 9.37 Å². The van der Waals surface area contributed by atoms with Gasteiger partial charge in [0.05, 0.1) is 22.8 Å². The molecule has 0 fully saturated rings. The first-order valence-electron chi connectivity index (χ1n) is 11.9. The first kappa shape index (κ1) is 27.8. The summed E-state index contributed by atoms with van der Waals surface area (Å²) < 4.78 is 14.3. The Morgan fingerprint density at radius 2 is 1.57 bits per heavy atom. The topological polar surface area (TPSA) is 52.8 Å². The maximum atomic E-state index is 14.3. The fraction of sp³-hybridized carbons (Fsp3) is 0.276. The van der Waals surface area contributed by atoms with E-state index in [0.717, 1.165) is 38.6 Å². The maximum Gasteiger partial charge on any atom is 0.144 e. The largest absolute Gasteiger partial charge is 0.345 e. The van der Waals surface area contributed by atoms with Gasteiger partial charge in [-0.3, -0.25) is 4.98 Å². The van der Waals surface area contributed by atoms with Crippen molar-refractivity contribution in [1.29, 1.82) is 5.26 Å². The lowest BCUT2D eigenvalue weighted by atomic mass is 10.0. The quantitative estimate of drug-likeness (QED) is 0.264. The average molecular weight is 489 g/mol. The molecule has 0 aliphatic carbocycles. The van der Waals surface area contributed by atoms with Crippen molar-refractivity contribution in [1.82, 2.24) is 9.97 Å². The molecular weight excluding hydrogens is 455 g/mol. The van der Waals surface area contributed by atoms with E-state index in [9.17, 15) is 9.65 Å². The van der Waals surface area contributed by atoms with Gasteiger partial charge in [0.25, 0.3) is 0 Å². The summed E-state index contributed by atoms with van der Waals surface area (Å²) in [4.78, 5) is 11.1. The molecule has 0 atom stereocenters. The molecule has 0 aliphatic rings. The summed E-state index contributed by atoms with van der Waals surface area (Å²) in [6.45, 7) is 9.88. The minimum atomic E-state index is -0.429. The van der Waals surface area contributed by atoms with Crippen molar-refractivity contribution in [3.8, 4) is 17.2 Å². The van der Waals surface area contributed by atoms with Gasteiger partial charge in [0.1, 0.15) is 16.9 Å². The second-order valence-electron chi connectivity index (χ2n) is 7.15. The van der Waals surface area contributed by atoms with Crippen LogP contribution in [0.5, 0.6) is 0 Å². The van der Waals surface area contributed by atoms with E-state index in [-0.39, 0.29) is 5.56 Å². The van der Waals surface area contributed by atoms with Crippen molar-refractivity contribution in [2.24, 2.45) is 0 Å². The van der Waals surface area contributed by atoms with E-state index in [2.05, 4.69) is 9.97 Å². The van der Waals surface area contributed by atoms with Crippen LogP contribution >= 0.6 is 11.8 Å². The minimum Gasteiger partial charge on any atom is -0.345 e. The zero-order valence-corrected chi connectivity index (χ0v) is 22.4. The number of anilines is 2. The molecule has 0 unspecified atom stereocenters. The number of rotatable bonds is 5. The van der Waals surface area contributed by atoms with Crippen molar-refractivity contribution in [2.75, 3.05) is 18.2 Å². The van der Waals surface area contributed by atoms with Gasteiger partial charge >= 0.3 is 0 Å². The molecule has 0 bridgehead atoms. The van der Waals surface area contributed by atoms with Crippen LogP contribution in [0.4, 0.5) is 15.8 Å². The van der Waals surface area contributed by atoms with Crippen LogP contribution in [0.1, 0.15) is 45.7 Å². The fourth-order valence-electron chi connectivity index (χ4n) is 3.50. The maximum absolute atomic E-state index is 14.3. The molecule has 0 amide bonds. The molecule has 1 aromatic heterocycles. The number of aromatic nitrogens is 2. The molecule has 35 heavy (non-hydrogen) atoms. The molecule has 0 spiro atoms. The molecule has 4 aromatic rings. The van der Waals surface area contributed by atoms with Gasteiger partial charge in [0, 0.05) is 18.4 Å². The van der Waals surface area contributed by atoms with Crippen LogP contribution < -0.4 is 4.90 Å². The van der Waals surface area contributed by atoms with Crippen LogP contribution in [0.2, 0.25) is 0 Å². The molecular formula is C29H33FN4S. The van der Waals surface area contributed by atoms with Crippen molar-refractivity contribution >= 4 is 34.2 Å². The number of aryl methyl sites for hydroxylation is 1. The Bertz CT molecular complexity index is 1300. The number of nitrogens with zero attached hydrogens (tertiary/aromatic N) is 4. The second-order valence-corrected chi connectivity index (χ2v) is 7.98. The number of hydrogen-bond donors (Lipinski definition) is 0. The Hall–Kier alpha value is -3.43. The highest BCUT2D eigenvalue weighted by atomic mass is 32.2. The lowest BCUT2D eigenvalue weighted by molar-refractivity contribution is 0.608. The third-order valence-corrected chi connectivity index (χ3v) is 5.95. The zero-order valence-electron chi connectivity index (χ0n) is 21.6. The Morgan fingerprint density at radius 1 is 0.914 bits per heavy atom. The first-order chi connectivity index (χ1) is 17.0. The van der Waals surface area contributed by atoms with Crippen LogP contribution in [0, 0.1) is 17.1 Å². The summed E-state index contributed by atoms with van der Waals surface area (Å²) in [5, 5.41) is 10.2. The van der Waals surface area contributed by atoms with Gasteiger partial charge in [-0.1, -0.05) is 52.8 Å². The average Bonchev–Trinajstić information content (AvgIpc) is 2.94. The summed E-state index contributed by atoms with van der Waals surface area (Å²) in [5.41, 5.74) is 6.22. The Balaban J connectivity index is 0.00000103. The highest BCUT2D eigenvalue weighted by Crippen LogP contribution is 2.30. The number of benzene rings is 3. The smallest absolute Gasteiger partial charge is 0.144 e. The summed E-state index contributed by atoms with van der Waals surface area (Å²) in [7, 11) is 1.91. The Kier molecular flexibility index (Phi) is 10.7. The lowest BCUT2D eigenvalue weighted by Crippen LogP contribution is -2.11. The van der Waals surface area contributed by atoms with Gasteiger partial charge in [-0.05, 0) is 65.8 Å². The summed E-state index contributed by atoms with van der Waals surface area (Å²) in [6, 6.07) is 19.6. The first-order valence-corrected chi connectivity index (χ1v) is 13.1. The van der Waals surface area contributed by atoms with Gasteiger partial charge in [0.2, 0.25) is 0 Å². The monoisotopic (exact) mass is 488 g/mol. The second kappa shape index (κ2) is 13.5. The molecule has 4 rings (SSSR count). The number of nitriles is 1. The zero-order chi connectivity index (χ0) is 26.0. The molecule has 182 valence electrons. The standard InChI is InChI=1S/C25H21FN4S.2C2H6/c1-4-16-11-21(12-19(14-27)25(16)26)30(2)20-8-5-17(6-9-20)18-7-10-22-23(13-18)28-15-24(29-22)31-3;2*1-2/h5-13,15H,4H2,1-3H3;2*1-2H3. The highest BCUT2D eigenvalue weighted by molar-refractivity contribution is 7.98. The summed E-state index contributed by atoms with van der Waals surface area (Å²) in [6.07, 6.45) is 4.31. The third kappa shape index (κ3) is 6.37. The third-order valence-electron chi connectivity index (χ3n) is 5.34. The molecule has 0 saturated heterocycles. The van der Waals surface area contributed by atoms with E-state index in [1.165, 1.54) is 0 Å². The Labute approximate surface area is 212 Å². The molecule has 6 heteroatoms. The van der Waals surface area contributed by atoms with Gasteiger partial charge in [-0.2, -0.15) is 5.26 Å². The molecule has 4 nitrogen and oxygen atoms in total. The van der Waals surface area contributed by atoms with Crippen LogP contribution in [0.15, 0.2) is 65.8 Å². The van der Waals surface area contributed by atoms with Crippen molar-refractivity contribution in [3.05, 3.63) is 77.7 Å². The molecule has 3 aromatic carbocycles.